The first-order valence-electron chi connectivity index (χ1n) is 7.01. The molecule has 24 heavy (non-hydrogen) atoms. The third-order valence-electron chi connectivity index (χ3n) is 2.74. The molecule has 0 saturated carbocycles. The molecule has 0 saturated heterocycles. The molecule has 0 aliphatic heterocycles. The van der Waals surface area contributed by atoms with E-state index in [1.807, 2.05) is 0 Å². The summed E-state index contributed by atoms with van der Waals surface area (Å²) in [4.78, 5) is 0. The van der Waals surface area contributed by atoms with Crippen LogP contribution < -0.4 is 0 Å². The van der Waals surface area contributed by atoms with Crippen LogP contribution in [0, 0.1) is 0 Å². The number of methoxy groups -OCH3 is 3. The second-order valence-corrected chi connectivity index (χ2v) is 7.87. The standard InChI is InChI=1S/C13H30O6Si.4CH4/c1-14-7-10-17-6-5-13-20(4,18-11-8-15-2)19-12-9-16-3;;;;/h5-13H2,1-4H3;4*1H4. The van der Waals surface area contributed by atoms with Crippen molar-refractivity contribution in [3.63, 3.8) is 0 Å². The van der Waals surface area contributed by atoms with Gasteiger partial charge in [0, 0.05) is 27.9 Å². The Balaban J connectivity index is -0.000000301. The predicted molar refractivity (Wildman–Crippen MR) is 106 cm³/mol. The minimum atomic E-state index is -2.16. The van der Waals surface area contributed by atoms with E-state index in [0.29, 0.717) is 46.2 Å². The van der Waals surface area contributed by atoms with Gasteiger partial charge in [0.25, 0.3) is 0 Å². The van der Waals surface area contributed by atoms with Gasteiger partial charge >= 0.3 is 8.56 Å². The zero-order valence-electron chi connectivity index (χ0n) is 13.3. The van der Waals surface area contributed by atoms with Crippen molar-refractivity contribution in [3.05, 3.63) is 0 Å². The fourth-order valence-corrected chi connectivity index (χ4v) is 3.80. The second kappa shape index (κ2) is 25.2. The quantitative estimate of drug-likeness (QED) is 0.319. The summed E-state index contributed by atoms with van der Waals surface area (Å²) >= 11 is 0. The third kappa shape index (κ3) is 22.0. The molecule has 0 aromatic heterocycles. The van der Waals surface area contributed by atoms with Crippen LogP contribution in [0.1, 0.15) is 36.1 Å². The van der Waals surface area contributed by atoms with Crippen LogP contribution in [-0.2, 0) is 27.8 Å². The average molecular weight is 375 g/mol. The Morgan fingerprint density at radius 3 is 1.42 bits per heavy atom. The molecule has 0 radical (unpaired) electrons. The Kier molecular flexibility index (Phi) is 36.9. The van der Waals surface area contributed by atoms with Gasteiger partial charge < -0.3 is 27.8 Å². The lowest BCUT2D eigenvalue weighted by atomic mass is 10.5. The van der Waals surface area contributed by atoms with Gasteiger partial charge in [0.05, 0.1) is 39.6 Å². The molecule has 0 rings (SSSR count). The predicted octanol–water partition coefficient (Wildman–Crippen LogP) is 3.98. The highest BCUT2D eigenvalue weighted by Gasteiger charge is 2.30. The molecule has 7 heteroatoms. The third-order valence-corrected chi connectivity index (χ3v) is 5.63. The van der Waals surface area contributed by atoms with E-state index in [9.17, 15) is 0 Å². The zero-order valence-corrected chi connectivity index (χ0v) is 14.3. The fourth-order valence-electron chi connectivity index (χ4n) is 1.61. The van der Waals surface area contributed by atoms with Gasteiger partial charge in [-0.15, -0.1) is 0 Å². The van der Waals surface area contributed by atoms with Crippen molar-refractivity contribution in [1.29, 1.82) is 0 Å². The maximum absolute atomic E-state index is 5.90. The molecule has 154 valence electrons. The Morgan fingerprint density at radius 1 is 0.583 bits per heavy atom. The number of rotatable bonds is 15. The minimum Gasteiger partial charge on any atom is -0.392 e. The second-order valence-electron chi connectivity index (χ2n) is 4.53. The molecule has 0 fully saturated rings. The molecule has 0 amide bonds. The molecular weight excluding hydrogens is 328 g/mol. The van der Waals surface area contributed by atoms with Gasteiger partial charge in [-0.2, -0.15) is 0 Å². The monoisotopic (exact) mass is 374 g/mol. The van der Waals surface area contributed by atoms with Crippen molar-refractivity contribution < 1.29 is 27.8 Å². The SMILES string of the molecule is C.C.C.C.COCCOCCC[Si](C)(OCCOC)OCCOC. The van der Waals surface area contributed by atoms with Gasteiger partial charge in [-0.1, -0.05) is 29.7 Å². The van der Waals surface area contributed by atoms with Crippen LogP contribution in [0.4, 0.5) is 0 Å². The first-order valence-corrected chi connectivity index (χ1v) is 9.53. The molecule has 0 aliphatic carbocycles. The largest absolute Gasteiger partial charge is 0.392 e. The van der Waals surface area contributed by atoms with Gasteiger partial charge in [0.1, 0.15) is 0 Å². The van der Waals surface area contributed by atoms with Crippen molar-refractivity contribution in [1.82, 2.24) is 0 Å². The van der Waals surface area contributed by atoms with Crippen LogP contribution in [0.15, 0.2) is 0 Å². The Hall–Kier alpha value is -0.0231. The minimum absolute atomic E-state index is 0. The van der Waals surface area contributed by atoms with E-state index >= 15 is 0 Å². The summed E-state index contributed by atoms with van der Waals surface area (Å²) in [5, 5.41) is 0. The van der Waals surface area contributed by atoms with Crippen molar-refractivity contribution in [3.8, 4) is 0 Å². The van der Waals surface area contributed by atoms with Gasteiger partial charge in [-0.3, -0.25) is 0 Å². The van der Waals surface area contributed by atoms with Crippen molar-refractivity contribution in [2.75, 3.05) is 67.6 Å². The van der Waals surface area contributed by atoms with Gasteiger partial charge in [-0.05, 0) is 19.0 Å². The van der Waals surface area contributed by atoms with E-state index in [1.165, 1.54) is 0 Å². The van der Waals surface area contributed by atoms with Gasteiger partial charge in [0.15, 0.2) is 0 Å². The highest BCUT2D eigenvalue weighted by Crippen LogP contribution is 2.16. The molecule has 0 aromatic carbocycles. The molecule has 0 spiro atoms. The first kappa shape index (κ1) is 35.1. The average Bonchev–Trinajstić information content (AvgIpc) is 2.43. The molecule has 0 atom stereocenters. The molecule has 0 bridgehead atoms. The summed E-state index contributed by atoms with van der Waals surface area (Å²) in [5.74, 6) is 0. The van der Waals surface area contributed by atoms with E-state index in [-0.39, 0.29) is 29.7 Å². The maximum atomic E-state index is 5.90. The molecule has 0 heterocycles. The molecule has 0 aliphatic rings. The molecule has 0 N–H and O–H groups in total. The maximum Gasteiger partial charge on any atom is 0.335 e. The lowest BCUT2D eigenvalue weighted by Gasteiger charge is -2.27. The fraction of sp³-hybridized carbons (Fsp3) is 1.00. The molecular formula is C17H46O6Si. The summed E-state index contributed by atoms with van der Waals surface area (Å²) in [6.45, 7) is 6.34. The molecule has 0 aromatic rings. The van der Waals surface area contributed by atoms with E-state index < -0.39 is 8.56 Å². The van der Waals surface area contributed by atoms with Crippen LogP contribution in [0.2, 0.25) is 12.6 Å². The topological polar surface area (TPSA) is 55.4 Å². The smallest absolute Gasteiger partial charge is 0.335 e. The van der Waals surface area contributed by atoms with Crippen LogP contribution in [0.3, 0.4) is 0 Å². The van der Waals surface area contributed by atoms with Gasteiger partial charge in [0.2, 0.25) is 0 Å². The van der Waals surface area contributed by atoms with Gasteiger partial charge in [-0.25, -0.2) is 0 Å². The van der Waals surface area contributed by atoms with Crippen LogP contribution >= 0.6 is 0 Å². The van der Waals surface area contributed by atoms with E-state index in [2.05, 4.69) is 6.55 Å². The summed E-state index contributed by atoms with van der Waals surface area (Å²) < 4.78 is 32.2. The Bertz CT molecular complexity index is 198. The number of hydrogen-bond acceptors (Lipinski definition) is 6. The Morgan fingerprint density at radius 2 is 1.00 bits per heavy atom. The van der Waals surface area contributed by atoms with E-state index in [4.69, 9.17) is 27.8 Å². The first-order chi connectivity index (χ1) is 9.68. The summed E-state index contributed by atoms with van der Waals surface area (Å²) in [6, 6.07) is 0.896. The van der Waals surface area contributed by atoms with Crippen LogP contribution in [0.25, 0.3) is 0 Å². The molecule has 0 unspecified atom stereocenters. The lowest BCUT2D eigenvalue weighted by molar-refractivity contribution is 0.0665. The summed E-state index contributed by atoms with van der Waals surface area (Å²) in [7, 11) is 2.83. The summed E-state index contributed by atoms with van der Waals surface area (Å²) in [5.41, 5.74) is 0. The highest BCUT2D eigenvalue weighted by atomic mass is 28.4. The summed E-state index contributed by atoms with van der Waals surface area (Å²) in [6.07, 6.45) is 0.923. The number of ether oxygens (including phenoxy) is 4. The van der Waals surface area contributed by atoms with Crippen molar-refractivity contribution in [2.45, 2.75) is 48.7 Å². The highest BCUT2D eigenvalue weighted by molar-refractivity contribution is 6.66. The van der Waals surface area contributed by atoms with E-state index in [0.717, 1.165) is 12.5 Å². The van der Waals surface area contributed by atoms with Crippen molar-refractivity contribution >= 4 is 8.56 Å². The van der Waals surface area contributed by atoms with Crippen LogP contribution in [0.5, 0.6) is 0 Å². The number of hydrogen-bond donors (Lipinski definition) is 0. The Labute approximate surface area is 153 Å². The van der Waals surface area contributed by atoms with Crippen LogP contribution in [-0.4, -0.2) is 76.1 Å². The van der Waals surface area contributed by atoms with Crippen molar-refractivity contribution in [2.24, 2.45) is 0 Å². The lowest BCUT2D eigenvalue weighted by Crippen LogP contribution is -2.40. The normalized spacial score (nSPS) is 10.0. The van der Waals surface area contributed by atoms with E-state index in [1.54, 1.807) is 21.3 Å². The zero-order chi connectivity index (χ0) is 15.1. The molecule has 6 nitrogen and oxygen atoms in total.